The molecule has 2 heterocycles. The Kier molecular flexibility index (Phi) is 5.98. The molecule has 1 aliphatic rings. The van der Waals surface area contributed by atoms with Crippen molar-refractivity contribution < 1.29 is 14.3 Å². The third kappa shape index (κ3) is 4.91. The number of nitrogens with one attached hydrogen (secondary N) is 2. The van der Waals surface area contributed by atoms with Crippen LogP contribution >= 0.6 is 0 Å². The summed E-state index contributed by atoms with van der Waals surface area (Å²) in [6.45, 7) is 1.74. The first kappa shape index (κ1) is 16.7. The summed E-state index contributed by atoms with van der Waals surface area (Å²) >= 11 is 0. The molecule has 0 radical (unpaired) electrons. The fourth-order valence-electron chi connectivity index (χ4n) is 2.68. The van der Waals surface area contributed by atoms with Gasteiger partial charge >= 0.3 is 0 Å². The van der Waals surface area contributed by atoms with E-state index in [4.69, 9.17) is 9.47 Å². The predicted molar refractivity (Wildman–Crippen MR) is 90.3 cm³/mol. The number of carbonyl (C=O) groups is 1. The molecule has 0 bridgehead atoms. The maximum Gasteiger partial charge on any atom is 0.246 e. The Morgan fingerprint density at radius 1 is 1.33 bits per heavy atom. The summed E-state index contributed by atoms with van der Waals surface area (Å²) in [5.74, 6) is -0.137. The van der Waals surface area contributed by atoms with Crippen LogP contribution in [0.5, 0.6) is 0 Å². The van der Waals surface area contributed by atoms with Crippen molar-refractivity contribution in [1.29, 1.82) is 0 Å². The quantitative estimate of drug-likeness (QED) is 0.817. The number of amides is 1. The number of nitrogens with zero attached hydrogens (tertiary/aromatic N) is 1. The van der Waals surface area contributed by atoms with Crippen molar-refractivity contribution in [3.05, 3.63) is 42.1 Å². The zero-order valence-corrected chi connectivity index (χ0v) is 13.7. The van der Waals surface area contributed by atoms with E-state index in [0.717, 1.165) is 36.4 Å². The Balaban J connectivity index is 1.38. The van der Waals surface area contributed by atoms with Gasteiger partial charge in [-0.1, -0.05) is 30.3 Å². The van der Waals surface area contributed by atoms with E-state index >= 15 is 0 Å². The third-order valence-corrected chi connectivity index (χ3v) is 3.99. The number of benzene rings is 1. The van der Waals surface area contributed by atoms with Gasteiger partial charge in [-0.15, -0.1) is 0 Å². The second-order valence-corrected chi connectivity index (χ2v) is 5.92. The Hall–Kier alpha value is -2.18. The van der Waals surface area contributed by atoms with E-state index in [1.54, 1.807) is 0 Å². The molecule has 1 aromatic heterocycles. The molecule has 1 amide bonds. The molecule has 2 N–H and O–H groups in total. The number of aromatic nitrogens is 2. The van der Waals surface area contributed by atoms with E-state index < -0.39 is 0 Å². The van der Waals surface area contributed by atoms with E-state index in [1.807, 2.05) is 36.4 Å². The monoisotopic (exact) mass is 329 g/mol. The van der Waals surface area contributed by atoms with Crippen molar-refractivity contribution in [3.63, 3.8) is 0 Å². The van der Waals surface area contributed by atoms with Gasteiger partial charge in [-0.2, -0.15) is 5.10 Å². The Bertz CT molecular complexity index is 636. The van der Waals surface area contributed by atoms with E-state index in [2.05, 4.69) is 15.5 Å². The third-order valence-electron chi connectivity index (χ3n) is 3.99. The van der Waals surface area contributed by atoms with E-state index in [-0.39, 0.29) is 18.6 Å². The summed E-state index contributed by atoms with van der Waals surface area (Å²) in [5.41, 5.74) is 2.77. The zero-order chi connectivity index (χ0) is 16.6. The van der Waals surface area contributed by atoms with Crippen LogP contribution in [0.15, 0.2) is 36.4 Å². The van der Waals surface area contributed by atoms with E-state index in [1.165, 1.54) is 6.42 Å². The summed E-state index contributed by atoms with van der Waals surface area (Å²) in [7, 11) is 0. The first-order valence-electron chi connectivity index (χ1n) is 8.37. The number of ether oxygens (including phenoxy) is 2. The number of hydrogen-bond acceptors (Lipinski definition) is 4. The highest BCUT2D eigenvalue weighted by Crippen LogP contribution is 2.16. The standard InChI is InChI=1S/C18H23N3O3/c22-18(13-23-12-16-8-4-5-9-24-16)19-11-15-10-17(21-20-15)14-6-2-1-3-7-14/h1-3,6-7,10,16H,4-5,8-9,11-13H2,(H,19,22)(H,20,21)/t16-/m0/s1. The minimum atomic E-state index is -0.137. The maximum atomic E-state index is 11.8. The molecule has 1 aromatic carbocycles. The molecule has 3 rings (SSSR count). The van der Waals surface area contributed by atoms with Crippen molar-refractivity contribution in [2.45, 2.75) is 31.9 Å². The molecular formula is C18H23N3O3. The summed E-state index contributed by atoms with van der Waals surface area (Å²) in [4.78, 5) is 11.8. The molecule has 0 unspecified atom stereocenters. The fraction of sp³-hybridized carbons (Fsp3) is 0.444. The van der Waals surface area contributed by atoms with Crippen LogP contribution in [0, 0.1) is 0 Å². The van der Waals surface area contributed by atoms with E-state index in [0.29, 0.717) is 13.2 Å². The van der Waals surface area contributed by atoms with Crippen molar-refractivity contribution >= 4 is 5.91 Å². The SMILES string of the molecule is O=C(COC[C@@H]1CCCCO1)NCc1cc(-c2ccccc2)n[nH]1. The van der Waals surface area contributed by atoms with Crippen LogP contribution in [-0.4, -0.2) is 42.0 Å². The lowest BCUT2D eigenvalue weighted by Crippen LogP contribution is -2.30. The van der Waals surface area contributed by atoms with Crippen LogP contribution in [0.3, 0.4) is 0 Å². The van der Waals surface area contributed by atoms with Crippen LogP contribution in [-0.2, 0) is 20.8 Å². The molecular weight excluding hydrogens is 306 g/mol. The molecule has 1 atom stereocenters. The van der Waals surface area contributed by atoms with Crippen molar-refractivity contribution in [2.24, 2.45) is 0 Å². The predicted octanol–water partition coefficient (Wildman–Crippen LogP) is 2.28. The van der Waals surface area contributed by atoms with Gasteiger partial charge in [0.25, 0.3) is 0 Å². The molecule has 1 fully saturated rings. The smallest absolute Gasteiger partial charge is 0.246 e. The van der Waals surface area contributed by atoms with Crippen LogP contribution in [0.1, 0.15) is 25.0 Å². The fourth-order valence-corrected chi connectivity index (χ4v) is 2.68. The second kappa shape index (κ2) is 8.61. The highest BCUT2D eigenvalue weighted by molar-refractivity contribution is 5.77. The number of rotatable bonds is 7. The molecule has 1 saturated heterocycles. The van der Waals surface area contributed by atoms with Gasteiger partial charge in [0.15, 0.2) is 0 Å². The largest absolute Gasteiger partial charge is 0.376 e. The van der Waals surface area contributed by atoms with Gasteiger partial charge in [-0.3, -0.25) is 9.89 Å². The summed E-state index contributed by atoms with van der Waals surface area (Å²) in [6.07, 6.45) is 3.43. The zero-order valence-electron chi connectivity index (χ0n) is 13.7. The topological polar surface area (TPSA) is 76.2 Å². The first-order valence-corrected chi connectivity index (χ1v) is 8.37. The van der Waals surface area contributed by atoms with Crippen LogP contribution < -0.4 is 5.32 Å². The van der Waals surface area contributed by atoms with Crippen LogP contribution in [0.25, 0.3) is 11.3 Å². The number of H-pyrrole nitrogens is 1. The molecule has 0 aliphatic carbocycles. The minimum Gasteiger partial charge on any atom is -0.376 e. The first-order chi connectivity index (χ1) is 11.8. The van der Waals surface area contributed by atoms with Gasteiger partial charge < -0.3 is 14.8 Å². The molecule has 6 heteroatoms. The lowest BCUT2D eigenvalue weighted by Gasteiger charge is -2.22. The highest BCUT2D eigenvalue weighted by Gasteiger charge is 2.14. The van der Waals surface area contributed by atoms with Gasteiger partial charge in [0.2, 0.25) is 5.91 Å². The van der Waals surface area contributed by atoms with Crippen molar-refractivity contribution in [3.8, 4) is 11.3 Å². The molecule has 0 saturated carbocycles. The molecule has 6 nitrogen and oxygen atoms in total. The Labute approximate surface area is 141 Å². The highest BCUT2D eigenvalue weighted by atomic mass is 16.5. The lowest BCUT2D eigenvalue weighted by molar-refractivity contribution is -0.128. The molecule has 0 spiro atoms. The summed E-state index contributed by atoms with van der Waals surface area (Å²) < 4.78 is 11.0. The number of carbonyl (C=O) groups excluding carboxylic acids is 1. The van der Waals surface area contributed by atoms with Gasteiger partial charge in [-0.05, 0) is 25.3 Å². The number of aromatic amines is 1. The van der Waals surface area contributed by atoms with Gasteiger partial charge in [0, 0.05) is 12.2 Å². The van der Waals surface area contributed by atoms with E-state index in [9.17, 15) is 4.79 Å². The molecule has 1 aliphatic heterocycles. The number of hydrogen-bond donors (Lipinski definition) is 2. The van der Waals surface area contributed by atoms with Crippen molar-refractivity contribution in [1.82, 2.24) is 15.5 Å². The van der Waals surface area contributed by atoms with Crippen molar-refractivity contribution in [2.75, 3.05) is 19.8 Å². The van der Waals surface area contributed by atoms with Crippen LogP contribution in [0.4, 0.5) is 0 Å². The summed E-state index contributed by atoms with van der Waals surface area (Å²) in [5, 5.41) is 10.0. The normalized spacial score (nSPS) is 17.6. The Morgan fingerprint density at radius 2 is 2.21 bits per heavy atom. The average molecular weight is 329 g/mol. The molecule has 128 valence electrons. The summed E-state index contributed by atoms with van der Waals surface area (Å²) in [6, 6.07) is 11.8. The average Bonchev–Trinajstić information content (AvgIpc) is 3.11. The lowest BCUT2D eigenvalue weighted by atomic mass is 10.1. The Morgan fingerprint density at radius 3 is 3.00 bits per heavy atom. The molecule has 24 heavy (non-hydrogen) atoms. The molecule has 2 aromatic rings. The second-order valence-electron chi connectivity index (χ2n) is 5.92. The maximum absolute atomic E-state index is 11.8. The van der Waals surface area contributed by atoms with Gasteiger partial charge in [-0.25, -0.2) is 0 Å². The van der Waals surface area contributed by atoms with Gasteiger partial charge in [0.1, 0.15) is 6.61 Å². The minimum absolute atomic E-state index is 0.0551. The van der Waals surface area contributed by atoms with Gasteiger partial charge in [0.05, 0.1) is 30.6 Å². The van der Waals surface area contributed by atoms with Crippen LogP contribution in [0.2, 0.25) is 0 Å².